The molecule has 0 saturated carbocycles. The fourth-order valence-electron chi connectivity index (χ4n) is 1.81. The lowest BCUT2D eigenvalue weighted by Gasteiger charge is -2.29. The highest BCUT2D eigenvalue weighted by atomic mass is 16.5. The summed E-state index contributed by atoms with van der Waals surface area (Å²) in [7, 11) is 0. The summed E-state index contributed by atoms with van der Waals surface area (Å²) in [4.78, 5) is 11.9. The quantitative estimate of drug-likeness (QED) is 0.632. The van der Waals surface area contributed by atoms with E-state index >= 15 is 0 Å². The molecule has 5 heteroatoms. The van der Waals surface area contributed by atoms with Gasteiger partial charge in [0.1, 0.15) is 5.75 Å². The lowest BCUT2D eigenvalue weighted by molar-refractivity contribution is -0.119. The van der Waals surface area contributed by atoms with Gasteiger partial charge in [-0.2, -0.15) is 0 Å². The summed E-state index contributed by atoms with van der Waals surface area (Å²) in [6.07, 6.45) is 3.46. The molecule has 0 fully saturated rings. The molecule has 21 heavy (non-hydrogen) atoms. The van der Waals surface area contributed by atoms with Crippen molar-refractivity contribution in [1.29, 1.82) is 0 Å². The van der Waals surface area contributed by atoms with E-state index < -0.39 is 5.54 Å². The minimum absolute atomic E-state index is 0.310. The van der Waals surface area contributed by atoms with E-state index in [1.165, 1.54) is 6.08 Å². The molecule has 1 rings (SSSR count). The molecule has 0 bridgehead atoms. The van der Waals surface area contributed by atoms with Crippen LogP contribution in [0.2, 0.25) is 0 Å². The SMILES string of the molecule is CCOc1ccccc1/C=C/C(=O)NC(CC)(CO)CO. The molecule has 0 aromatic heterocycles. The van der Waals surface area contributed by atoms with Crippen LogP contribution in [0.4, 0.5) is 0 Å². The van der Waals surface area contributed by atoms with E-state index in [0.717, 1.165) is 5.56 Å². The third-order valence-electron chi connectivity index (χ3n) is 3.30. The summed E-state index contributed by atoms with van der Waals surface area (Å²) in [5.41, 5.74) is -0.189. The number of carbonyl (C=O) groups excluding carboxylic acids is 1. The molecule has 0 aliphatic carbocycles. The van der Waals surface area contributed by atoms with E-state index in [1.54, 1.807) is 13.0 Å². The molecule has 0 heterocycles. The fraction of sp³-hybridized carbons (Fsp3) is 0.438. The first-order valence-electron chi connectivity index (χ1n) is 7.04. The Labute approximate surface area is 125 Å². The van der Waals surface area contributed by atoms with Crippen LogP contribution in [-0.2, 0) is 4.79 Å². The molecule has 0 spiro atoms. The van der Waals surface area contributed by atoms with E-state index in [4.69, 9.17) is 4.74 Å². The number of carbonyl (C=O) groups is 1. The summed E-state index contributed by atoms with van der Waals surface area (Å²) in [6, 6.07) is 7.40. The molecule has 0 aliphatic rings. The van der Waals surface area contributed by atoms with Gasteiger partial charge in [0, 0.05) is 11.6 Å². The molecule has 1 aromatic carbocycles. The summed E-state index contributed by atoms with van der Waals surface area (Å²) >= 11 is 0. The van der Waals surface area contributed by atoms with Gasteiger partial charge in [-0.3, -0.25) is 4.79 Å². The van der Waals surface area contributed by atoms with Gasteiger partial charge in [-0.05, 0) is 25.5 Å². The number of amides is 1. The van der Waals surface area contributed by atoms with Crippen LogP contribution in [0, 0.1) is 0 Å². The summed E-state index contributed by atoms with van der Waals surface area (Å²) in [5, 5.41) is 21.2. The first-order valence-corrected chi connectivity index (χ1v) is 7.04. The maximum Gasteiger partial charge on any atom is 0.244 e. The first kappa shape index (κ1) is 17.2. The van der Waals surface area contributed by atoms with Gasteiger partial charge in [-0.1, -0.05) is 25.1 Å². The van der Waals surface area contributed by atoms with Gasteiger partial charge in [0.25, 0.3) is 0 Å². The fourth-order valence-corrected chi connectivity index (χ4v) is 1.81. The number of aliphatic hydroxyl groups is 2. The van der Waals surface area contributed by atoms with Gasteiger partial charge in [-0.25, -0.2) is 0 Å². The lowest BCUT2D eigenvalue weighted by Crippen LogP contribution is -2.53. The lowest BCUT2D eigenvalue weighted by atomic mass is 9.98. The number of rotatable bonds is 8. The van der Waals surface area contributed by atoms with Crippen LogP contribution >= 0.6 is 0 Å². The molecule has 0 radical (unpaired) electrons. The van der Waals surface area contributed by atoms with Gasteiger partial charge in [0.2, 0.25) is 5.91 Å². The summed E-state index contributed by atoms with van der Waals surface area (Å²) in [6.45, 7) is 3.61. The van der Waals surface area contributed by atoms with Gasteiger partial charge >= 0.3 is 0 Å². The number of ether oxygens (including phenoxy) is 1. The molecule has 0 saturated heterocycles. The average molecular weight is 293 g/mol. The second kappa shape index (κ2) is 8.44. The first-order chi connectivity index (χ1) is 10.1. The Morgan fingerprint density at radius 2 is 1.95 bits per heavy atom. The predicted octanol–water partition coefficient (Wildman–Crippen LogP) is 1.35. The minimum Gasteiger partial charge on any atom is -0.493 e. The average Bonchev–Trinajstić information content (AvgIpc) is 2.52. The van der Waals surface area contributed by atoms with E-state index in [2.05, 4.69) is 5.32 Å². The van der Waals surface area contributed by atoms with Gasteiger partial charge in [-0.15, -0.1) is 0 Å². The zero-order chi connectivity index (χ0) is 15.7. The van der Waals surface area contributed by atoms with Crippen molar-refractivity contribution in [2.45, 2.75) is 25.8 Å². The summed E-state index contributed by atoms with van der Waals surface area (Å²) < 4.78 is 5.47. The van der Waals surface area contributed by atoms with E-state index in [-0.39, 0.29) is 19.1 Å². The van der Waals surface area contributed by atoms with Crippen molar-refractivity contribution in [1.82, 2.24) is 5.32 Å². The van der Waals surface area contributed by atoms with E-state index in [9.17, 15) is 15.0 Å². The third-order valence-corrected chi connectivity index (χ3v) is 3.30. The van der Waals surface area contributed by atoms with Crippen LogP contribution in [0.3, 0.4) is 0 Å². The topological polar surface area (TPSA) is 78.8 Å². The van der Waals surface area contributed by atoms with Crippen molar-refractivity contribution in [2.75, 3.05) is 19.8 Å². The largest absolute Gasteiger partial charge is 0.493 e. The van der Waals surface area contributed by atoms with Gasteiger partial charge < -0.3 is 20.3 Å². The molecule has 1 amide bonds. The molecule has 116 valence electrons. The van der Waals surface area contributed by atoms with Crippen molar-refractivity contribution in [3.05, 3.63) is 35.9 Å². The van der Waals surface area contributed by atoms with Gasteiger partial charge in [0.05, 0.1) is 25.4 Å². The number of benzene rings is 1. The van der Waals surface area contributed by atoms with Crippen molar-refractivity contribution in [3.8, 4) is 5.75 Å². The predicted molar refractivity (Wildman–Crippen MR) is 82.0 cm³/mol. The standard InChI is InChI=1S/C16H23NO4/c1-3-16(11-18,12-19)17-15(20)10-9-13-7-5-6-8-14(13)21-4-2/h5-10,18-19H,3-4,11-12H2,1-2H3,(H,17,20)/b10-9+. The maximum atomic E-state index is 11.9. The Kier molecular flexibility index (Phi) is 6.91. The number of hydrogen-bond donors (Lipinski definition) is 3. The second-order valence-corrected chi connectivity index (χ2v) is 4.74. The van der Waals surface area contributed by atoms with Crippen LogP contribution in [0.25, 0.3) is 6.08 Å². The van der Waals surface area contributed by atoms with E-state index in [1.807, 2.05) is 31.2 Å². The van der Waals surface area contributed by atoms with Crippen LogP contribution in [0.5, 0.6) is 5.75 Å². The Morgan fingerprint density at radius 1 is 1.29 bits per heavy atom. The number of hydrogen-bond acceptors (Lipinski definition) is 4. The Bertz CT molecular complexity index is 473. The maximum absolute atomic E-state index is 11.9. The number of aliphatic hydroxyl groups excluding tert-OH is 2. The molecule has 0 aliphatic heterocycles. The van der Waals surface area contributed by atoms with Crippen LogP contribution in [-0.4, -0.2) is 41.5 Å². The van der Waals surface area contributed by atoms with Crippen molar-refractivity contribution in [2.24, 2.45) is 0 Å². The molecule has 0 atom stereocenters. The smallest absolute Gasteiger partial charge is 0.244 e. The highest BCUT2D eigenvalue weighted by Gasteiger charge is 2.27. The van der Waals surface area contributed by atoms with Crippen LogP contribution in [0.1, 0.15) is 25.8 Å². The summed E-state index contributed by atoms with van der Waals surface area (Å²) in [5.74, 6) is 0.335. The Balaban J connectivity index is 2.79. The monoisotopic (exact) mass is 293 g/mol. The molecule has 0 unspecified atom stereocenters. The highest BCUT2D eigenvalue weighted by molar-refractivity contribution is 5.92. The second-order valence-electron chi connectivity index (χ2n) is 4.74. The molecule has 3 N–H and O–H groups in total. The van der Waals surface area contributed by atoms with Crippen molar-refractivity contribution < 1.29 is 19.7 Å². The van der Waals surface area contributed by atoms with Crippen molar-refractivity contribution >= 4 is 12.0 Å². The number of para-hydroxylation sites is 1. The van der Waals surface area contributed by atoms with E-state index in [0.29, 0.717) is 18.8 Å². The van der Waals surface area contributed by atoms with Gasteiger partial charge in [0.15, 0.2) is 0 Å². The normalized spacial score (nSPS) is 11.6. The van der Waals surface area contributed by atoms with Crippen LogP contribution < -0.4 is 10.1 Å². The molecule has 1 aromatic rings. The van der Waals surface area contributed by atoms with Crippen molar-refractivity contribution in [3.63, 3.8) is 0 Å². The zero-order valence-corrected chi connectivity index (χ0v) is 12.5. The minimum atomic E-state index is -0.985. The molecular formula is C16H23NO4. The zero-order valence-electron chi connectivity index (χ0n) is 12.5. The molecular weight excluding hydrogens is 270 g/mol. The Hall–Kier alpha value is -1.85. The third kappa shape index (κ3) is 4.88. The van der Waals surface area contributed by atoms with Crippen LogP contribution in [0.15, 0.2) is 30.3 Å². The Morgan fingerprint density at radius 3 is 2.52 bits per heavy atom. The number of nitrogens with one attached hydrogen (secondary N) is 1. The molecule has 5 nitrogen and oxygen atoms in total. The highest BCUT2D eigenvalue weighted by Crippen LogP contribution is 2.19.